The summed E-state index contributed by atoms with van der Waals surface area (Å²) >= 11 is 0. The van der Waals surface area contributed by atoms with Crippen molar-refractivity contribution in [2.24, 2.45) is 21.8 Å². The molecule has 0 saturated heterocycles. The molecule has 3 aromatic rings. The first-order valence-corrected chi connectivity index (χ1v) is 12.8. The molecule has 0 unspecified atom stereocenters. The molecule has 0 aromatic heterocycles. The van der Waals surface area contributed by atoms with E-state index in [1.54, 1.807) is 0 Å². The smallest absolute Gasteiger partial charge is 0.0978 e. The summed E-state index contributed by atoms with van der Waals surface area (Å²) in [4.78, 5) is 12.8. The standard InChI is InChI=1S/C32H35N3/c1-20(2)25-12-9-13-26(21(3)4)30(25)34-32-28-15-8-11-22-10-7-14-27(29(22)28)31(32)33-23-16-18-24(19-17-23)35(5)6/h7-8,10-12,14-21H,9,13H2,1-6H3/b33-31+,34-32+. The van der Waals surface area contributed by atoms with Gasteiger partial charge in [-0.2, -0.15) is 0 Å². The minimum absolute atomic E-state index is 0.432. The van der Waals surface area contributed by atoms with Crippen molar-refractivity contribution in [1.82, 2.24) is 0 Å². The van der Waals surface area contributed by atoms with Crippen LogP contribution in [0.2, 0.25) is 0 Å². The lowest BCUT2D eigenvalue weighted by molar-refractivity contribution is 0.665. The summed E-state index contributed by atoms with van der Waals surface area (Å²) in [6.45, 7) is 9.15. The summed E-state index contributed by atoms with van der Waals surface area (Å²) in [5, 5.41) is 2.50. The van der Waals surface area contributed by atoms with E-state index in [-0.39, 0.29) is 0 Å². The third-order valence-electron chi connectivity index (χ3n) is 7.14. The van der Waals surface area contributed by atoms with Crippen LogP contribution < -0.4 is 4.90 Å². The Bertz CT molecular complexity index is 1390. The van der Waals surface area contributed by atoms with Gasteiger partial charge >= 0.3 is 0 Å². The van der Waals surface area contributed by atoms with Gasteiger partial charge in [-0.25, -0.2) is 9.98 Å². The SMILES string of the molecule is CC(C)C1=CCCC(C(C)C)=C1/N=C1/C(=N/c2ccc(N(C)C)cc2)c2cccc3cccc1c23. The minimum Gasteiger partial charge on any atom is -0.378 e. The predicted molar refractivity (Wildman–Crippen MR) is 151 cm³/mol. The molecule has 35 heavy (non-hydrogen) atoms. The van der Waals surface area contributed by atoms with Gasteiger partial charge in [0.15, 0.2) is 0 Å². The van der Waals surface area contributed by atoms with Crippen molar-refractivity contribution in [3.63, 3.8) is 0 Å². The van der Waals surface area contributed by atoms with Crippen LogP contribution in [-0.2, 0) is 0 Å². The molecule has 0 fully saturated rings. The van der Waals surface area contributed by atoms with Gasteiger partial charge < -0.3 is 4.90 Å². The molecule has 0 radical (unpaired) electrons. The average molecular weight is 462 g/mol. The molecule has 178 valence electrons. The van der Waals surface area contributed by atoms with Crippen molar-refractivity contribution in [1.29, 1.82) is 0 Å². The fourth-order valence-electron chi connectivity index (χ4n) is 5.27. The molecule has 3 heteroatoms. The molecule has 0 aliphatic heterocycles. The molecule has 0 spiro atoms. The monoisotopic (exact) mass is 461 g/mol. The summed E-state index contributed by atoms with van der Waals surface area (Å²) < 4.78 is 0. The summed E-state index contributed by atoms with van der Waals surface area (Å²) in [5.41, 5.74) is 10.4. The molecular weight excluding hydrogens is 426 g/mol. The molecule has 5 rings (SSSR count). The van der Waals surface area contributed by atoms with Gasteiger partial charge in [0.25, 0.3) is 0 Å². The van der Waals surface area contributed by atoms with Gasteiger partial charge in [0, 0.05) is 36.3 Å². The van der Waals surface area contributed by atoms with Gasteiger partial charge in [0.1, 0.15) is 0 Å². The average Bonchev–Trinajstić information content (AvgIpc) is 3.13. The first-order chi connectivity index (χ1) is 16.8. The number of hydrogen-bond acceptors (Lipinski definition) is 3. The number of rotatable bonds is 5. The highest BCUT2D eigenvalue weighted by atomic mass is 15.1. The maximum Gasteiger partial charge on any atom is 0.0978 e. The van der Waals surface area contributed by atoms with Gasteiger partial charge in [0.2, 0.25) is 0 Å². The van der Waals surface area contributed by atoms with Crippen molar-refractivity contribution in [2.45, 2.75) is 40.5 Å². The van der Waals surface area contributed by atoms with E-state index in [4.69, 9.17) is 9.98 Å². The second-order valence-corrected chi connectivity index (χ2v) is 10.4. The van der Waals surface area contributed by atoms with Crippen LogP contribution in [0.3, 0.4) is 0 Å². The maximum atomic E-state index is 5.49. The number of anilines is 1. The Hall–Kier alpha value is -3.46. The zero-order chi connectivity index (χ0) is 24.7. The van der Waals surface area contributed by atoms with Crippen LogP contribution >= 0.6 is 0 Å². The molecule has 2 aliphatic carbocycles. The number of nitrogens with zero attached hydrogens (tertiary/aromatic N) is 3. The Morgan fingerprint density at radius 1 is 0.743 bits per heavy atom. The van der Waals surface area contributed by atoms with E-state index in [0.29, 0.717) is 11.8 Å². The summed E-state index contributed by atoms with van der Waals surface area (Å²) in [6.07, 6.45) is 4.58. The quantitative estimate of drug-likeness (QED) is 0.377. The van der Waals surface area contributed by atoms with Gasteiger partial charge in [-0.15, -0.1) is 0 Å². The Kier molecular flexibility index (Phi) is 6.19. The summed E-state index contributed by atoms with van der Waals surface area (Å²) in [7, 11) is 4.12. The normalized spacial score (nSPS) is 17.9. The molecule has 0 amide bonds. The maximum absolute atomic E-state index is 5.49. The van der Waals surface area contributed by atoms with E-state index in [1.165, 1.54) is 44.4 Å². The molecule has 0 N–H and O–H groups in total. The highest BCUT2D eigenvalue weighted by Gasteiger charge is 2.29. The third-order valence-corrected chi connectivity index (χ3v) is 7.14. The molecule has 0 atom stereocenters. The minimum atomic E-state index is 0.432. The van der Waals surface area contributed by atoms with Gasteiger partial charge in [-0.05, 0) is 65.5 Å². The van der Waals surface area contributed by atoms with E-state index >= 15 is 0 Å². The Balaban J connectivity index is 1.75. The lowest BCUT2D eigenvalue weighted by atomic mass is 9.84. The summed E-state index contributed by atoms with van der Waals surface area (Å²) in [5.74, 6) is 0.900. The lowest BCUT2D eigenvalue weighted by Gasteiger charge is -2.24. The molecule has 2 aliphatic rings. The number of aliphatic imine (C=N–C) groups is 2. The van der Waals surface area contributed by atoms with Crippen molar-refractivity contribution in [3.8, 4) is 0 Å². The van der Waals surface area contributed by atoms with Crippen LogP contribution in [0, 0.1) is 11.8 Å². The lowest BCUT2D eigenvalue weighted by Crippen LogP contribution is -2.15. The van der Waals surface area contributed by atoms with Crippen LogP contribution in [0.15, 0.2) is 93.6 Å². The molecule has 3 nitrogen and oxygen atoms in total. The first-order valence-electron chi connectivity index (χ1n) is 12.8. The van der Waals surface area contributed by atoms with Gasteiger partial charge in [-0.3, -0.25) is 0 Å². The van der Waals surface area contributed by atoms with Crippen LogP contribution in [0.5, 0.6) is 0 Å². The van der Waals surface area contributed by atoms with E-state index in [9.17, 15) is 0 Å². The fourth-order valence-corrected chi connectivity index (χ4v) is 5.27. The van der Waals surface area contributed by atoms with Crippen LogP contribution in [0.4, 0.5) is 11.4 Å². The first kappa shape index (κ1) is 23.3. The van der Waals surface area contributed by atoms with Gasteiger partial charge in [-0.1, -0.05) is 70.2 Å². The largest absolute Gasteiger partial charge is 0.378 e. The summed E-state index contributed by atoms with van der Waals surface area (Å²) in [6, 6.07) is 21.5. The highest BCUT2D eigenvalue weighted by molar-refractivity contribution is 6.61. The Morgan fingerprint density at radius 2 is 1.37 bits per heavy atom. The van der Waals surface area contributed by atoms with E-state index in [1.807, 2.05) is 0 Å². The Labute approximate surface area is 209 Å². The fraction of sp³-hybridized carbons (Fsp3) is 0.312. The predicted octanol–water partition coefficient (Wildman–Crippen LogP) is 8.12. The molecular formula is C32H35N3. The van der Waals surface area contributed by atoms with Crippen molar-refractivity contribution in [2.75, 3.05) is 19.0 Å². The number of allylic oxidation sites excluding steroid dienone is 3. The number of benzene rings is 3. The highest BCUT2D eigenvalue weighted by Crippen LogP contribution is 2.38. The molecule has 0 bridgehead atoms. The topological polar surface area (TPSA) is 28.0 Å². The zero-order valence-electron chi connectivity index (χ0n) is 21.8. The van der Waals surface area contributed by atoms with Crippen molar-refractivity contribution < 1.29 is 0 Å². The molecule has 0 heterocycles. The van der Waals surface area contributed by atoms with E-state index < -0.39 is 0 Å². The second-order valence-electron chi connectivity index (χ2n) is 10.4. The van der Waals surface area contributed by atoms with Gasteiger partial charge in [0.05, 0.1) is 22.8 Å². The third kappa shape index (κ3) is 4.25. The van der Waals surface area contributed by atoms with Crippen LogP contribution in [0.1, 0.15) is 51.7 Å². The Morgan fingerprint density at radius 3 is 1.94 bits per heavy atom. The molecule has 0 saturated carbocycles. The second kappa shape index (κ2) is 9.30. The zero-order valence-corrected chi connectivity index (χ0v) is 21.8. The number of hydrogen-bond donors (Lipinski definition) is 0. The van der Waals surface area contributed by atoms with Crippen LogP contribution in [-0.4, -0.2) is 25.5 Å². The van der Waals surface area contributed by atoms with Crippen molar-refractivity contribution >= 4 is 33.6 Å². The van der Waals surface area contributed by atoms with Crippen molar-refractivity contribution in [3.05, 3.63) is 94.7 Å². The van der Waals surface area contributed by atoms with E-state index in [0.717, 1.165) is 30.0 Å². The van der Waals surface area contributed by atoms with E-state index in [2.05, 4.69) is 113 Å². The van der Waals surface area contributed by atoms with Crippen LogP contribution in [0.25, 0.3) is 10.8 Å². The molecule has 3 aromatic carbocycles.